The highest BCUT2D eigenvalue weighted by Crippen LogP contribution is 2.40. The van der Waals surface area contributed by atoms with Crippen molar-refractivity contribution >= 4 is 29.1 Å². The van der Waals surface area contributed by atoms with Gasteiger partial charge in [-0.3, -0.25) is 14.5 Å². The van der Waals surface area contributed by atoms with Gasteiger partial charge in [0.15, 0.2) is 0 Å². The summed E-state index contributed by atoms with van der Waals surface area (Å²) in [6.07, 6.45) is -4.63. The van der Waals surface area contributed by atoms with Crippen LogP contribution in [0.5, 0.6) is 0 Å². The van der Waals surface area contributed by atoms with Gasteiger partial charge in [0.05, 0.1) is 17.9 Å². The Hall–Kier alpha value is -1.76. The smallest absolute Gasteiger partial charge is 0.338 e. The van der Waals surface area contributed by atoms with E-state index in [-0.39, 0.29) is 23.5 Å². The van der Waals surface area contributed by atoms with E-state index in [0.717, 1.165) is 4.90 Å². The Morgan fingerprint density at radius 3 is 2.23 bits per heavy atom. The number of hydrogen-bond donors (Lipinski definition) is 1. The number of aryl methyl sites for hydroxylation is 2. The lowest BCUT2D eigenvalue weighted by molar-refractivity contribution is -0.137. The largest absolute Gasteiger partial charge is 0.418 e. The lowest BCUT2D eigenvalue weighted by atomic mass is 10.0. The molecule has 122 valence electrons. The maximum absolute atomic E-state index is 13.4. The van der Waals surface area contributed by atoms with Gasteiger partial charge in [0, 0.05) is 6.92 Å². The Bertz CT molecular complexity index is 588. The van der Waals surface area contributed by atoms with Crippen molar-refractivity contribution in [3.8, 4) is 0 Å². The molecule has 22 heavy (non-hydrogen) atoms. The van der Waals surface area contributed by atoms with Crippen LogP contribution in [0.3, 0.4) is 0 Å². The lowest BCUT2D eigenvalue weighted by Crippen LogP contribution is -2.42. The maximum Gasteiger partial charge on any atom is 0.418 e. The third-order valence-corrected chi connectivity index (χ3v) is 3.27. The molecule has 1 rings (SSSR count). The number of carbonyl (C=O) groups is 2. The van der Waals surface area contributed by atoms with Crippen LogP contribution in [0.4, 0.5) is 18.9 Å². The fraction of sp³-hybridized carbons (Fsp3) is 0.429. The Morgan fingerprint density at radius 2 is 1.77 bits per heavy atom. The summed E-state index contributed by atoms with van der Waals surface area (Å²) in [5, 5.41) is 2.32. The van der Waals surface area contributed by atoms with Crippen LogP contribution in [0.15, 0.2) is 12.1 Å². The minimum atomic E-state index is -4.63. The zero-order chi connectivity index (χ0) is 17.1. The quantitative estimate of drug-likeness (QED) is 0.679. The topological polar surface area (TPSA) is 49.4 Å². The van der Waals surface area contributed by atoms with Gasteiger partial charge < -0.3 is 5.32 Å². The molecule has 0 unspecified atom stereocenters. The summed E-state index contributed by atoms with van der Waals surface area (Å²) in [4.78, 5) is 23.8. The second kappa shape index (κ2) is 7.00. The summed E-state index contributed by atoms with van der Waals surface area (Å²) < 4.78 is 40.1. The first-order chi connectivity index (χ1) is 10.1. The Balaban J connectivity index is 3.49. The number of rotatable bonds is 4. The van der Waals surface area contributed by atoms with E-state index < -0.39 is 29.4 Å². The SMILES string of the molecule is CC(=O)NCN(C(=O)CCl)c1c(C)ccc(C)c1C(F)(F)F. The van der Waals surface area contributed by atoms with Crippen molar-refractivity contribution in [1.82, 2.24) is 5.32 Å². The summed E-state index contributed by atoms with van der Waals surface area (Å²) in [5.74, 6) is -1.69. The van der Waals surface area contributed by atoms with Gasteiger partial charge in [0.1, 0.15) is 5.88 Å². The van der Waals surface area contributed by atoms with Crippen molar-refractivity contribution in [3.05, 3.63) is 28.8 Å². The molecule has 0 radical (unpaired) electrons. The minimum Gasteiger partial charge on any atom is -0.338 e. The van der Waals surface area contributed by atoms with E-state index >= 15 is 0 Å². The second-order valence-corrected chi connectivity index (χ2v) is 5.03. The first kappa shape index (κ1) is 18.3. The van der Waals surface area contributed by atoms with E-state index in [4.69, 9.17) is 11.6 Å². The number of halogens is 4. The summed E-state index contributed by atoms with van der Waals surface area (Å²) in [7, 11) is 0. The van der Waals surface area contributed by atoms with Crippen LogP contribution in [0.25, 0.3) is 0 Å². The number of nitrogens with one attached hydrogen (secondary N) is 1. The van der Waals surface area contributed by atoms with Crippen LogP contribution in [0, 0.1) is 13.8 Å². The first-order valence-electron chi connectivity index (χ1n) is 6.37. The van der Waals surface area contributed by atoms with Crippen LogP contribution in [-0.4, -0.2) is 24.4 Å². The molecule has 0 heterocycles. The zero-order valence-electron chi connectivity index (χ0n) is 12.3. The van der Waals surface area contributed by atoms with Gasteiger partial charge in [0.25, 0.3) is 0 Å². The predicted octanol–water partition coefficient (Wildman–Crippen LogP) is 2.99. The van der Waals surface area contributed by atoms with E-state index in [9.17, 15) is 22.8 Å². The van der Waals surface area contributed by atoms with E-state index in [2.05, 4.69) is 5.32 Å². The predicted molar refractivity (Wildman–Crippen MR) is 77.8 cm³/mol. The molecule has 0 aromatic heterocycles. The first-order valence-corrected chi connectivity index (χ1v) is 6.91. The van der Waals surface area contributed by atoms with Crippen molar-refractivity contribution in [3.63, 3.8) is 0 Å². The third kappa shape index (κ3) is 4.13. The number of nitrogens with zero attached hydrogens (tertiary/aromatic N) is 1. The fourth-order valence-electron chi connectivity index (χ4n) is 2.06. The molecule has 0 aliphatic carbocycles. The Kier molecular flexibility index (Phi) is 5.82. The molecule has 1 N–H and O–H groups in total. The molecule has 0 aliphatic rings. The monoisotopic (exact) mass is 336 g/mol. The molecule has 2 amide bonds. The molecule has 0 atom stereocenters. The minimum absolute atomic E-state index is 0.0108. The van der Waals surface area contributed by atoms with Crippen molar-refractivity contribution in [2.24, 2.45) is 0 Å². The van der Waals surface area contributed by atoms with Crippen molar-refractivity contribution in [2.45, 2.75) is 26.9 Å². The average Bonchev–Trinajstić information content (AvgIpc) is 2.40. The Labute approximate surface area is 131 Å². The van der Waals surface area contributed by atoms with Gasteiger partial charge in [-0.1, -0.05) is 12.1 Å². The van der Waals surface area contributed by atoms with E-state index in [0.29, 0.717) is 0 Å². The van der Waals surface area contributed by atoms with Crippen molar-refractivity contribution in [1.29, 1.82) is 0 Å². The molecule has 0 aliphatic heterocycles. The number of benzene rings is 1. The molecule has 0 saturated heterocycles. The molecule has 1 aromatic carbocycles. The molecule has 0 spiro atoms. The van der Waals surface area contributed by atoms with Gasteiger partial charge in [-0.15, -0.1) is 11.6 Å². The number of hydrogen-bond acceptors (Lipinski definition) is 2. The van der Waals surface area contributed by atoms with Crippen molar-refractivity contribution < 1.29 is 22.8 Å². The van der Waals surface area contributed by atoms with Gasteiger partial charge in [-0.25, -0.2) is 0 Å². The maximum atomic E-state index is 13.4. The number of anilines is 1. The molecule has 4 nitrogen and oxygen atoms in total. The summed E-state index contributed by atoms with van der Waals surface area (Å²) in [5.41, 5.74) is -0.937. The van der Waals surface area contributed by atoms with Gasteiger partial charge >= 0.3 is 6.18 Å². The molecule has 0 fully saturated rings. The molecular formula is C14H16ClF3N2O2. The Morgan fingerprint density at radius 1 is 1.23 bits per heavy atom. The van der Waals surface area contributed by atoms with Crippen LogP contribution in [-0.2, 0) is 15.8 Å². The zero-order valence-corrected chi connectivity index (χ0v) is 13.1. The summed E-state index contributed by atoms with van der Waals surface area (Å²) in [6.45, 7) is 3.60. The summed E-state index contributed by atoms with van der Waals surface area (Å²) >= 11 is 5.49. The van der Waals surface area contributed by atoms with Crippen LogP contribution >= 0.6 is 11.6 Å². The standard InChI is InChI=1S/C14H16ClF3N2O2/c1-8-4-5-9(2)13(12(8)14(16,17)18)20(11(22)6-15)7-19-10(3)21/h4-5H,6-7H2,1-3H3,(H,19,21). The lowest BCUT2D eigenvalue weighted by Gasteiger charge is -2.28. The van der Waals surface area contributed by atoms with Crippen molar-refractivity contribution in [2.75, 3.05) is 17.4 Å². The molecular weight excluding hydrogens is 321 g/mol. The molecule has 0 saturated carbocycles. The average molecular weight is 337 g/mol. The highest BCUT2D eigenvalue weighted by atomic mass is 35.5. The van der Waals surface area contributed by atoms with E-state index in [1.807, 2.05) is 0 Å². The van der Waals surface area contributed by atoms with Crippen LogP contribution in [0.2, 0.25) is 0 Å². The number of alkyl halides is 4. The highest BCUT2D eigenvalue weighted by Gasteiger charge is 2.38. The van der Waals surface area contributed by atoms with Crippen LogP contribution in [0.1, 0.15) is 23.6 Å². The van der Waals surface area contributed by atoms with Crippen LogP contribution < -0.4 is 10.2 Å². The number of carbonyl (C=O) groups excluding carboxylic acids is 2. The van der Waals surface area contributed by atoms with Gasteiger partial charge in [0.2, 0.25) is 11.8 Å². The van der Waals surface area contributed by atoms with E-state index in [1.54, 1.807) is 0 Å². The number of amides is 2. The molecule has 0 bridgehead atoms. The second-order valence-electron chi connectivity index (χ2n) is 4.77. The fourth-order valence-corrected chi connectivity index (χ4v) is 2.20. The summed E-state index contributed by atoms with van der Waals surface area (Å²) in [6, 6.07) is 2.82. The third-order valence-electron chi connectivity index (χ3n) is 3.04. The molecule has 8 heteroatoms. The molecule has 1 aromatic rings. The van der Waals surface area contributed by atoms with Gasteiger partial charge in [-0.2, -0.15) is 13.2 Å². The van der Waals surface area contributed by atoms with Gasteiger partial charge in [-0.05, 0) is 25.0 Å². The highest BCUT2D eigenvalue weighted by molar-refractivity contribution is 6.29. The normalized spacial score (nSPS) is 11.2. The van der Waals surface area contributed by atoms with E-state index in [1.165, 1.54) is 32.9 Å².